The van der Waals surface area contributed by atoms with Crippen molar-refractivity contribution in [1.82, 2.24) is 0 Å². The van der Waals surface area contributed by atoms with E-state index in [0.29, 0.717) is 6.04 Å². The number of anilines is 1. The highest BCUT2D eigenvalue weighted by atomic mass is 32.2. The molecule has 0 spiro atoms. The Kier molecular flexibility index (Phi) is 3.79. The lowest BCUT2D eigenvalue weighted by Crippen LogP contribution is -2.19. The molecule has 3 rings (SSSR count). The molecule has 1 unspecified atom stereocenters. The molecule has 2 aromatic rings. The van der Waals surface area contributed by atoms with Gasteiger partial charge in [-0.2, -0.15) is 11.8 Å². The maximum absolute atomic E-state index is 3.74. The third-order valence-electron chi connectivity index (χ3n) is 3.70. The van der Waals surface area contributed by atoms with Gasteiger partial charge in [-0.1, -0.05) is 49.4 Å². The van der Waals surface area contributed by atoms with Gasteiger partial charge in [-0.05, 0) is 29.2 Å². The van der Waals surface area contributed by atoms with Crippen LogP contribution in [0.25, 0.3) is 0 Å². The van der Waals surface area contributed by atoms with Gasteiger partial charge in [0.15, 0.2) is 0 Å². The molecule has 0 saturated carbocycles. The minimum Gasteiger partial charge on any atom is -0.377 e. The molecule has 1 aliphatic heterocycles. The van der Waals surface area contributed by atoms with E-state index in [-0.39, 0.29) is 0 Å². The van der Waals surface area contributed by atoms with Gasteiger partial charge in [0, 0.05) is 17.2 Å². The van der Waals surface area contributed by atoms with Crippen LogP contribution in [0.1, 0.15) is 29.7 Å². The van der Waals surface area contributed by atoms with Gasteiger partial charge in [-0.3, -0.25) is 0 Å². The molecule has 98 valence electrons. The van der Waals surface area contributed by atoms with Crippen LogP contribution in [0.3, 0.4) is 0 Å². The normalized spacial score (nSPS) is 17.8. The van der Waals surface area contributed by atoms with Gasteiger partial charge >= 0.3 is 0 Å². The van der Waals surface area contributed by atoms with Gasteiger partial charge < -0.3 is 5.32 Å². The Morgan fingerprint density at radius 3 is 2.79 bits per heavy atom. The van der Waals surface area contributed by atoms with E-state index in [1.807, 2.05) is 11.8 Å². The summed E-state index contributed by atoms with van der Waals surface area (Å²) in [5.74, 6) is 2.29. The first-order valence-corrected chi connectivity index (χ1v) is 8.04. The minimum atomic E-state index is 0.433. The van der Waals surface area contributed by atoms with Crippen molar-refractivity contribution in [3.05, 3.63) is 65.2 Å². The molecule has 0 radical (unpaired) electrons. The summed E-state index contributed by atoms with van der Waals surface area (Å²) in [4.78, 5) is 0. The Morgan fingerprint density at radius 1 is 1.11 bits per heavy atom. The summed E-state index contributed by atoms with van der Waals surface area (Å²) >= 11 is 2.02. The standard InChI is InChI=1S/C17H19NS/c1-2-13-7-4-6-10-16(13)18-17-12-19-11-14-8-3-5-9-15(14)17/h3-10,17-18H,2,11-12H2,1H3. The van der Waals surface area contributed by atoms with Crippen molar-refractivity contribution < 1.29 is 0 Å². The number of para-hydroxylation sites is 1. The van der Waals surface area contributed by atoms with E-state index in [4.69, 9.17) is 0 Å². The highest BCUT2D eigenvalue weighted by molar-refractivity contribution is 7.98. The van der Waals surface area contributed by atoms with Crippen LogP contribution in [0, 0.1) is 0 Å². The number of hydrogen-bond acceptors (Lipinski definition) is 2. The fourth-order valence-corrected chi connectivity index (χ4v) is 3.76. The van der Waals surface area contributed by atoms with Crippen LogP contribution in [0.5, 0.6) is 0 Å². The first-order valence-electron chi connectivity index (χ1n) is 6.88. The molecule has 0 bridgehead atoms. The lowest BCUT2D eigenvalue weighted by Gasteiger charge is -2.27. The third-order valence-corrected chi connectivity index (χ3v) is 4.78. The molecule has 19 heavy (non-hydrogen) atoms. The lowest BCUT2D eigenvalue weighted by atomic mass is 10.0. The smallest absolute Gasteiger partial charge is 0.0607 e. The zero-order valence-corrected chi connectivity index (χ0v) is 12.0. The fraction of sp³-hybridized carbons (Fsp3) is 0.294. The van der Waals surface area contributed by atoms with Crippen molar-refractivity contribution in [2.24, 2.45) is 0 Å². The topological polar surface area (TPSA) is 12.0 Å². The minimum absolute atomic E-state index is 0.433. The van der Waals surface area contributed by atoms with Crippen LogP contribution in [0.2, 0.25) is 0 Å². The van der Waals surface area contributed by atoms with Crippen molar-refractivity contribution in [2.45, 2.75) is 25.1 Å². The van der Waals surface area contributed by atoms with E-state index in [0.717, 1.165) is 17.9 Å². The van der Waals surface area contributed by atoms with Crippen molar-refractivity contribution in [3.8, 4) is 0 Å². The molecule has 1 heterocycles. The number of nitrogens with one attached hydrogen (secondary N) is 1. The first-order chi connectivity index (χ1) is 9.38. The number of fused-ring (bicyclic) bond motifs is 1. The van der Waals surface area contributed by atoms with Gasteiger partial charge in [-0.25, -0.2) is 0 Å². The summed E-state index contributed by atoms with van der Waals surface area (Å²) in [5, 5.41) is 3.74. The Morgan fingerprint density at radius 2 is 1.89 bits per heavy atom. The highest BCUT2D eigenvalue weighted by Gasteiger charge is 2.20. The second kappa shape index (κ2) is 5.70. The van der Waals surface area contributed by atoms with Crippen molar-refractivity contribution in [3.63, 3.8) is 0 Å². The molecule has 2 aromatic carbocycles. The molecule has 1 aliphatic rings. The summed E-state index contributed by atoms with van der Waals surface area (Å²) in [7, 11) is 0. The highest BCUT2D eigenvalue weighted by Crippen LogP contribution is 2.34. The Balaban J connectivity index is 1.88. The molecule has 0 aromatic heterocycles. The molecule has 0 aliphatic carbocycles. The zero-order valence-electron chi connectivity index (χ0n) is 11.2. The molecular weight excluding hydrogens is 250 g/mol. The van der Waals surface area contributed by atoms with Crippen LogP contribution in [0.4, 0.5) is 5.69 Å². The molecule has 0 fully saturated rings. The average molecular weight is 269 g/mol. The summed E-state index contributed by atoms with van der Waals surface area (Å²) in [6.07, 6.45) is 1.07. The van der Waals surface area contributed by atoms with Crippen LogP contribution in [0.15, 0.2) is 48.5 Å². The summed E-state index contributed by atoms with van der Waals surface area (Å²) in [5.41, 5.74) is 5.63. The molecule has 1 N–H and O–H groups in total. The predicted molar refractivity (Wildman–Crippen MR) is 84.8 cm³/mol. The molecule has 0 saturated heterocycles. The van der Waals surface area contributed by atoms with Crippen LogP contribution >= 0.6 is 11.8 Å². The second-order valence-electron chi connectivity index (χ2n) is 4.92. The number of rotatable bonds is 3. The molecule has 1 nitrogen and oxygen atoms in total. The maximum Gasteiger partial charge on any atom is 0.0607 e. The number of hydrogen-bond donors (Lipinski definition) is 1. The van der Waals surface area contributed by atoms with Gasteiger partial charge in [0.2, 0.25) is 0 Å². The first kappa shape index (κ1) is 12.6. The fourth-order valence-electron chi connectivity index (χ4n) is 2.66. The number of benzene rings is 2. The summed E-state index contributed by atoms with van der Waals surface area (Å²) < 4.78 is 0. The van der Waals surface area contributed by atoms with E-state index in [2.05, 4.69) is 60.8 Å². The van der Waals surface area contributed by atoms with Crippen molar-refractivity contribution in [2.75, 3.05) is 11.1 Å². The van der Waals surface area contributed by atoms with Crippen LogP contribution in [-0.2, 0) is 12.2 Å². The molecule has 1 atom stereocenters. The van der Waals surface area contributed by atoms with E-state index in [9.17, 15) is 0 Å². The Hall–Kier alpha value is -1.41. The predicted octanol–water partition coefficient (Wildman–Crippen LogP) is 4.65. The Labute approximate surface area is 119 Å². The largest absolute Gasteiger partial charge is 0.377 e. The zero-order chi connectivity index (χ0) is 13.1. The van der Waals surface area contributed by atoms with Gasteiger partial charge in [0.25, 0.3) is 0 Å². The number of aryl methyl sites for hydroxylation is 1. The van der Waals surface area contributed by atoms with Crippen molar-refractivity contribution in [1.29, 1.82) is 0 Å². The molecule has 2 heteroatoms. The summed E-state index contributed by atoms with van der Waals surface area (Å²) in [6.45, 7) is 2.21. The monoisotopic (exact) mass is 269 g/mol. The third kappa shape index (κ3) is 2.64. The van der Waals surface area contributed by atoms with E-state index in [1.54, 1.807) is 0 Å². The van der Waals surface area contributed by atoms with Crippen molar-refractivity contribution >= 4 is 17.4 Å². The lowest BCUT2D eigenvalue weighted by molar-refractivity contribution is 0.866. The van der Waals surface area contributed by atoms with Gasteiger partial charge in [0.05, 0.1) is 6.04 Å². The van der Waals surface area contributed by atoms with E-state index in [1.165, 1.54) is 22.4 Å². The molecule has 0 amide bonds. The second-order valence-corrected chi connectivity index (χ2v) is 5.95. The van der Waals surface area contributed by atoms with Gasteiger partial charge in [0.1, 0.15) is 0 Å². The number of thioether (sulfide) groups is 1. The maximum atomic E-state index is 3.74. The van der Waals surface area contributed by atoms with E-state index >= 15 is 0 Å². The molecular formula is C17H19NS. The summed E-state index contributed by atoms with van der Waals surface area (Å²) in [6, 6.07) is 17.9. The Bertz CT molecular complexity index is 565. The quantitative estimate of drug-likeness (QED) is 0.870. The van der Waals surface area contributed by atoms with Crippen LogP contribution in [-0.4, -0.2) is 5.75 Å². The van der Waals surface area contributed by atoms with Gasteiger partial charge in [-0.15, -0.1) is 0 Å². The average Bonchev–Trinajstić information content (AvgIpc) is 2.48. The SMILES string of the molecule is CCc1ccccc1NC1CSCc2ccccc21. The van der Waals surface area contributed by atoms with E-state index < -0.39 is 0 Å². The van der Waals surface area contributed by atoms with Crippen LogP contribution < -0.4 is 5.32 Å².